The van der Waals surface area contributed by atoms with Crippen LogP contribution in [0.15, 0.2) is 0 Å². The second-order valence-corrected chi connectivity index (χ2v) is 15.7. The SMILES string of the molecule is CC(=O)NC1CNCC(C2CCC3NCC4NN(CC5CCCCC5)C(C5CCC(C(C)(C)C#N)CC5)C4C3C2)C1. The number of carbonyl (C=O) groups is 1. The Bertz CT molecular complexity index is 934. The van der Waals surface area contributed by atoms with Crippen molar-refractivity contribution in [1.29, 1.82) is 5.26 Å². The summed E-state index contributed by atoms with van der Waals surface area (Å²) in [5.74, 6) is 5.10. The maximum atomic E-state index is 11.8. The number of nitrogens with one attached hydrogen (secondary N) is 4. The minimum atomic E-state index is -0.206. The van der Waals surface area contributed by atoms with Crippen molar-refractivity contribution in [2.75, 3.05) is 26.2 Å². The summed E-state index contributed by atoms with van der Waals surface area (Å²) >= 11 is 0. The molecule has 3 saturated heterocycles. The molecule has 8 atom stereocenters. The zero-order valence-corrected chi connectivity index (χ0v) is 26.2. The lowest BCUT2D eigenvalue weighted by atomic mass is 9.60. The van der Waals surface area contributed by atoms with Gasteiger partial charge in [0.1, 0.15) is 0 Å². The van der Waals surface area contributed by atoms with E-state index in [4.69, 9.17) is 0 Å². The van der Waals surface area contributed by atoms with Crippen LogP contribution in [0.4, 0.5) is 0 Å². The maximum Gasteiger partial charge on any atom is 0.217 e. The summed E-state index contributed by atoms with van der Waals surface area (Å²) in [7, 11) is 0. The molecule has 41 heavy (non-hydrogen) atoms. The summed E-state index contributed by atoms with van der Waals surface area (Å²) in [5.41, 5.74) is 3.95. The van der Waals surface area contributed by atoms with E-state index in [1.807, 2.05) is 0 Å². The quantitative estimate of drug-likeness (QED) is 0.376. The number of nitrogens with zero attached hydrogens (tertiary/aromatic N) is 2. The number of hydrazine groups is 1. The zero-order valence-electron chi connectivity index (χ0n) is 26.2. The van der Waals surface area contributed by atoms with Gasteiger partial charge in [-0.1, -0.05) is 19.3 Å². The van der Waals surface area contributed by atoms with E-state index in [2.05, 4.69) is 46.3 Å². The Balaban J connectivity index is 1.20. The average molecular weight is 567 g/mol. The molecule has 0 spiro atoms. The van der Waals surface area contributed by atoms with Crippen molar-refractivity contribution >= 4 is 5.91 Å². The van der Waals surface area contributed by atoms with E-state index in [0.717, 1.165) is 55.6 Å². The Morgan fingerprint density at radius 1 is 0.902 bits per heavy atom. The largest absolute Gasteiger partial charge is 0.352 e. The van der Waals surface area contributed by atoms with Crippen LogP contribution in [0.5, 0.6) is 0 Å². The minimum Gasteiger partial charge on any atom is -0.352 e. The number of piperidine rings is 2. The number of nitriles is 1. The van der Waals surface area contributed by atoms with Crippen LogP contribution in [0.2, 0.25) is 0 Å². The Hall–Kier alpha value is -1.20. The molecule has 3 saturated carbocycles. The van der Waals surface area contributed by atoms with Crippen LogP contribution in [0.3, 0.4) is 0 Å². The number of hydrogen-bond donors (Lipinski definition) is 4. The molecule has 3 heterocycles. The van der Waals surface area contributed by atoms with Gasteiger partial charge in [-0.2, -0.15) is 5.26 Å². The molecule has 0 aromatic carbocycles. The maximum absolute atomic E-state index is 11.8. The molecule has 0 aromatic heterocycles. The van der Waals surface area contributed by atoms with Gasteiger partial charge in [-0.15, -0.1) is 0 Å². The van der Waals surface area contributed by atoms with Crippen LogP contribution in [0.1, 0.15) is 104 Å². The Morgan fingerprint density at radius 3 is 2.39 bits per heavy atom. The molecular weight excluding hydrogens is 508 g/mol. The van der Waals surface area contributed by atoms with Crippen LogP contribution in [0.25, 0.3) is 0 Å². The van der Waals surface area contributed by atoms with Crippen LogP contribution < -0.4 is 21.4 Å². The number of fused-ring (bicyclic) bond motifs is 3. The van der Waals surface area contributed by atoms with Gasteiger partial charge in [0.15, 0.2) is 0 Å². The molecule has 3 aliphatic carbocycles. The second kappa shape index (κ2) is 12.8. The summed E-state index contributed by atoms with van der Waals surface area (Å²) in [6.07, 6.45) is 17.1. The van der Waals surface area contributed by atoms with Gasteiger partial charge in [0.05, 0.1) is 11.5 Å². The second-order valence-electron chi connectivity index (χ2n) is 15.7. The first kappa shape index (κ1) is 29.9. The van der Waals surface area contributed by atoms with Gasteiger partial charge in [0.2, 0.25) is 5.91 Å². The highest BCUT2D eigenvalue weighted by atomic mass is 16.1. The van der Waals surface area contributed by atoms with Crippen molar-refractivity contribution in [2.24, 2.45) is 46.8 Å². The van der Waals surface area contributed by atoms with E-state index in [1.54, 1.807) is 6.92 Å². The molecule has 0 bridgehead atoms. The number of hydrogen-bond acceptors (Lipinski definition) is 6. The van der Waals surface area contributed by atoms with Crippen LogP contribution in [-0.2, 0) is 4.79 Å². The summed E-state index contributed by atoms with van der Waals surface area (Å²) in [6.45, 7) is 10.3. The van der Waals surface area contributed by atoms with Crippen molar-refractivity contribution in [2.45, 2.75) is 128 Å². The number of amides is 1. The molecule has 1 amide bonds. The van der Waals surface area contributed by atoms with Gasteiger partial charge < -0.3 is 16.0 Å². The third-order valence-corrected chi connectivity index (χ3v) is 12.8. The highest BCUT2D eigenvalue weighted by Gasteiger charge is 2.55. The molecule has 230 valence electrons. The van der Waals surface area contributed by atoms with E-state index in [9.17, 15) is 10.1 Å². The van der Waals surface area contributed by atoms with Crippen molar-refractivity contribution in [3.63, 3.8) is 0 Å². The molecule has 6 aliphatic rings. The predicted octanol–water partition coefficient (Wildman–Crippen LogP) is 4.60. The zero-order chi connectivity index (χ0) is 28.6. The summed E-state index contributed by atoms with van der Waals surface area (Å²) < 4.78 is 0. The first-order chi connectivity index (χ1) is 19.8. The lowest BCUT2D eigenvalue weighted by Crippen LogP contribution is -2.59. The fourth-order valence-electron chi connectivity index (χ4n) is 10.6. The Morgan fingerprint density at radius 2 is 1.66 bits per heavy atom. The molecule has 7 heteroatoms. The van der Waals surface area contributed by atoms with E-state index in [1.165, 1.54) is 83.6 Å². The van der Waals surface area contributed by atoms with E-state index in [0.29, 0.717) is 30.0 Å². The summed E-state index contributed by atoms with van der Waals surface area (Å²) in [6, 6.07) is 4.75. The van der Waals surface area contributed by atoms with Crippen LogP contribution in [-0.4, -0.2) is 61.3 Å². The predicted molar refractivity (Wildman–Crippen MR) is 164 cm³/mol. The molecule has 3 aliphatic heterocycles. The van der Waals surface area contributed by atoms with Gasteiger partial charge in [-0.25, -0.2) is 5.01 Å². The van der Waals surface area contributed by atoms with E-state index < -0.39 is 0 Å². The summed E-state index contributed by atoms with van der Waals surface area (Å²) in [5, 5.41) is 23.5. The van der Waals surface area contributed by atoms with Gasteiger partial charge >= 0.3 is 0 Å². The van der Waals surface area contributed by atoms with Crippen LogP contribution >= 0.6 is 0 Å². The molecule has 7 nitrogen and oxygen atoms in total. The van der Waals surface area contributed by atoms with Gasteiger partial charge in [0.25, 0.3) is 0 Å². The topological polar surface area (TPSA) is 92.2 Å². The average Bonchev–Trinajstić information content (AvgIpc) is 3.35. The first-order valence-electron chi connectivity index (χ1n) is 17.5. The molecular formula is C34H58N6O. The molecule has 8 unspecified atom stereocenters. The molecule has 6 rings (SSSR count). The van der Waals surface area contributed by atoms with E-state index >= 15 is 0 Å². The van der Waals surface area contributed by atoms with Gasteiger partial charge in [-0.3, -0.25) is 10.2 Å². The van der Waals surface area contributed by atoms with Crippen molar-refractivity contribution in [3.05, 3.63) is 0 Å². The fourth-order valence-corrected chi connectivity index (χ4v) is 10.6. The number of carbonyl (C=O) groups excluding carboxylic acids is 1. The van der Waals surface area contributed by atoms with E-state index in [-0.39, 0.29) is 17.4 Å². The molecule has 0 radical (unpaired) electrons. The molecule has 6 fully saturated rings. The van der Waals surface area contributed by atoms with Crippen molar-refractivity contribution < 1.29 is 4.79 Å². The minimum absolute atomic E-state index is 0.103. The monoisotopic (exact) mass is 566 g/mol. The third kappa shape index (κ3) is 6.52. The standard InChI is InChI=1S/C34H58N6O/c1-22(41)38-28-15-26(17-36-18-28)25-11-14-30-29(16-25)32-31(19-37-30)39-40(20-23-7-5-4-6-8-23)33(32)24-9-12-27(13-10-24)34(2,3)21-35/h23-33,36-37,39H,4-20H2,1-3H3,(H,38,41). The van der Waals surface area contributed by atoms with Crippen LogP contribution in [0, 0.1) is 58.2 Å². The Labute approximate surface area is 249 Å². The first-order valence-corrected chi connectivity index (χ1v) is 17.5. The van der Waals surface area contributed by atoms with Crippen molar-refractivity contribution in [1.82, 2.24) is 26.4 Å². The smallest absolute Gasteiger partial charge is 0.217 e. The Kier molecular flexibility index (Phi) is 9.32. The highest BCUT2D eigenvalue weighted by Crippen LogP contribution is 2.50. The normalized spacial score (nSPS) is 42.6. The van der Waals surface area contributed by atoms with Crippen molar-refractivity contribution in [3.8, 4) is 6.07 Å². The number of rotatable bonds is 6. The third-order valence-electron chi connectivity index (χ3n) is 12.8. The molecule has 4 N–H and O–H groups in total. The van der Waals surface area contributed by atoms with Gasteiger partial charge in [-0.05, 0) is 126 Å². The van der Waals surface area contributed by atoms with Gasteiger partial charge in [0, 0.05) is 50.7 Å². The summed E-state index contributed by atoms with van der Waals surface area (Å²) in [4.78, 5) is 11.8. The fraction of sp³-hybridized carbons (Fsp3) is 0.941. The highest BCUT2D eigenvalue weighted by molar-refractivity contribution is 5.73. The lowest BCUT2D eigenvalue weighted by molar-refractivity contribution is -0.119. The lowest BCUT2D eigenvalue weighted by Gasteiger charge is -2.50. The molecule has 0 aromatic rings.